The summed E-state index contributed by atoms with van der Waals surface area (Å²) in [5.74, 6) is 0.289. The van der Waals surface area contributed by atoms with Crippen LogP contribution < -0.4 is 0 Å². The second-order valence-corrected chi connectivity index (χ2v) is 11.9. The van der Waals surface area contributed by atoms with Crippen LogP contribution in [0, 0.1) is 0 Å². The van der Waals surface area contributed by atoms with E-state index in [-0.39, 0.29) is 26.9 Å². The zero-order chi connectivity index (χ0) is 22.0. The molecule has 7 nitrogen and oxygen atoms in total. The number of rotatable bonds is 4. The van der Waals surface area contributed by atoms with Crippen LogP contribution in [0.15, 0.2) is 21.4 Å². The van der Waals surface area contributed by atoms with Crippen molar-refractivity contribution in [2.24, 2.45) is 0 Å². The third-order valence-electron chi connectivity index (χ3n) is 4.43. The molecule has 13 heteroatoms. The third-order valence-corrected chi connectivity index (χ3v) is 8.18. The van der Waals surface area contributed by atoms with Crippen LogP contribution >= 0.6 is 11.6 Å². The first-order valence-electron chi connectivity index (χ1n) is 8.37. The van der Waals surface area contributed by atoms with Crippen molar-refractivity contribution in [3.8, 4) is 0 Å². The van der Waals surface area contributed by atoms with Gasteiger partial charge in [-0.15, -0.1) is 0 Å². The Kier molecular flexibility index (Phi) is 5.25. The molecule has 29 heavy (non-hydrogen) atoms. The van der Waals surface area contributed by atoms with Gasteiger partial charge in [-0.05, 0) is 25.0 Å². The molecule has 0 unspecified atom stereocenters. The summed E-state index contributed by atoms with van der Waals surface area (Å²) in [7, 11) is -9.93. The molecule has 1 aliphatic carbocycles. The van der Waals surface area contributed by atoms with Gasteiger partial charge in [-0.1, -0.05) is 32.4 Å². The Labute approximate surface area is 170 Å². The molecule has 2 aromatic rings. The Hall–Kier alpha value is -1.37. The van der Waals surface area contributed by atoms with Crippen LogP contribution in [0.5, 0.6) is 0 Å². The van der Waals surface area contributed by atoms with E-state index >= 15 is 0 Å². The lowest BCUT2D eigenvalue weighted by Crippen LogP contribution is -2.44. The van der Waals surface area contributed by atoms with Crippen LogP contribution in [-0.4, -0.2) is 38.7 Å². The summed E-state index contributed by atoms with van der Waals surface area (Å²) < 4.78 is 95.1. The largest absolute Gasteiger partial charge is 0.523 e. The number of sulfone groups is 1. The quantitative estimate of drug-likeness (QED) is 0.487. The van der Waals surface area contributed by atoms with Crippen LogP contribution in [0.1, 0.15) is 39.5 Å². The molecule has 0 saturated heterocycles. The lowest BCUT2D eigenvalue weighted by atomic mass is 9.96. The standard InChI is InChI=1S/C16H17ClF3NO6S2/c1-15(2,3)14-21-11-5-4-10(17)13(12(11)26-14)28(22,23)9-6-8(7-9)27-29(24,25)16(18,19)20/h4-5,8-9H,6-7H2,1-3H3. The minimum absolute atomic E-state index is 0.0466. The van der Waals surface area contributed by atoms with Crippen molar-refractivity contribution in [1.82, 2.24) is 4.98 Å². The summed E-state index contributed by atoms with van der Waals surface area (Å²) in [4.78, 5) is 3.96. The number of oxazole rings is 1. The first-order valence-corrected chi connectivity index (χ1v) is 11.7. The van der Waals surface area contributed by atoms with E-state index in [4.69, 9.17) is 16.0 Å². The minimum Gasteiger partial charge on any atom is -0.439 e. The molecule has 1 aliphatic rings. The number of alkyl halides is 3. The highest BCUT2D eigenvalue weighted by Crippen LogP contribution is 2.41. The number of aromatic nitrogens is 1. The van der Waals surface area contributed by atoms with E-state index in [1.165, 1.54) is 12.1 Å². The lowest BCUT2D eigenvalue weighted by Gasteiger charge is -2.34. The molecular weight excluding hydrogens is 459 g/mol. The molecule has 0 aliphatic heterocycles. The average Bonchev–Trinajstić information content (AvgIpc) is 2.92. The molecular formula is C16H17ClF3NO6S2. The maximum Gasteiger partial charge on any atom is 0.523 e. The molecule has 0 atom stereocenters. The number of halogens is 4. The SMILES string of the molecule is CC(C)(C)c1nc2ccc(Cl)c(S(=O)(=O)C3CC(OS(=O)(=O)C(F)(F)F)C3)c2o1. The van der Waals surface area contributed by atoms with Crippen molar-refractivity contribution >= 4 is 42.7 Å². The third kappa shape index (κ3) is 3.99. The van der Waals surface area contributed by atoms with Crippen molar-refractivity contribution in [2.75, 3.05) is 0 Å². The fourth-order valence-electron chi connectivity index (χ4n) is 2.78. The Balaban J connectivity index is 1.91. The normalized spacial score (nSPS) is 21.3. The zero-order valence-corrected chi connectivity index (χ0v) is 17.8. The van der Waals surface area contributed by atoms with E-state index < -0.39 is 55.1 Å². The zero-order valence-electron chi connectivity index (χ0n) is 15.4. The molecule has 0 N–H and O–H groups in total. The second kappa shape index (κ2) is 6.82. The van der Waals surface area contributed by atoms with E-state index in [9.17, 15) is 30.0 Å². The topological polar surface area (TPSA) is 104 Å². The number of benzene rings is 1. The summed E-state index contributed by atoms with van der Waals surface area (Å²) in [6, 6.07) is 2.84. The monoisotopic (exact) mass is 475 g/mol. The Bertz CT molecular complexity index is 1160. The molecule has 1 saturated carbocycles. The first-order chi connectivity index (χ1) is 13.0. The smallest absolute Gasteiger partial charge is 0.439 e. The van der Waals surface area contributed by atoms with E-state index in [2.05, 4.69) is 9.17 Å². The minimum atomic E-state index is -5.80. The van der Waals surface area contributed by atoms with E-state index in [0.717, 1.165) is 0 Å². The molecule has 0 bridgehead atoms. The van der Waals surface area contributed by atoms with Crippen LogP contribution in [0.4, 0.5) is 13.2 Å². The molecule has 0 radical (unpaired) electrons. The van der Waals surface area contributed by atoms with Gasteiger partial charge in [0.15, 0.2) is 15.4 Å². The van der Waals surface area contributed by atoms with Gasteiger partial charge in [0.25, 0.3) is 0 Å². The molecule has 1 aromatic carbocycles. The maximum atomic E-state index is 13.0. The fourth-order valence-corrected chi connectivity index (χ4v) is 5.89. The summed E-state index contributed by atoms with van der Waals surface area (Å²) in [5.41, 5.74) is -5.86. The molecule has 0 spiro atoms. The highest BCUT2D eigenvalue weighted by molar-refractivity contribution is 7.92. The van der Waals surface area contributed by atoms with Gasteiger partial charge in [-0.25, -0.2) is 13.4 Å². The molecule has 1 heterocycles. The van der Waals surface area contributed by atoms with Crippen molar-refractivity contribution in [1.29, 1.82) is 0 Å². The Morgan fingerprint density at radius 2 is 1.72 bits per heavy atom. The summed E-state index contributed by atoms with van der Waals surface area (Å²) >= 11 is 6.10. The molecule has 0 amide bonds. The molecule has 3 rings (SSSR count). The van der Waals surface area contributed by atoms with Gasteiger partial charge in [-0.2, -0.15) is 21.6 Å². The predicted octanol–water partition coefficient (Wildman–Crippen LogP) is 3.95. The van der Waals surface area contributed by atoms with Crippen molar-refractivity contribution in [3.63, 3.8) is 0 Å². The van der Waals surface area contributed by atoms with E-state index in [0.29, 0.717) is 0 Å². The Morgan fingerprint density at radius 3 is 2.24 bits per heavy atom. The van der Waals surface area contributed by atoms with Crippen molar-refractivity contribution < 1.29 is 38.6 Å². The number of hydrogen-bond donors (Lipinski definition) is 0. The van der Waals surface area contributed by atoms with Gasteiger partial charge >= 0.3 is 15.6 Å². The summed E-state index contributed by atoms with van der Waals surface area (Å²) in [6.45, 7) is 5.47. The van der Waals surface area contributed by atoms with Crippen LogP contribution in [0.2, 0.25) is 5.02 Å². The van der Waals surface area contributed by atoms with Crippen LogP contribution in [-0.2, 0) is 29.6 Å². The highest BCUT2D eigenvalue weighted by Gasteiger charge is 2.52. The average molecular weight is 476 g/mol. The van der Waals surface area contributed by atoms with Gasteiger partial charge in [0.1, 0.15) is 10.4 Å². The Morgan fingerprint density at radius 1 is 1.14 bits per heavy atom. The van der Waals surface area contributed by atoms with E-state index in [1.807, 2.05) is 20.8 Å². The maximum absolute atomic E-state index is 13.0. The molecule has 1 fully saturated rings. The lowest BCUT2D eigenvalue weighted by molar-refractivity contribution is -0.0601. The predicted molar refractivity (Wildman–Crippen MR) is 97.8 cm³/mol. The number of nitrogens with zero attached hydrogens (tertiary/aromatic N) is 1. The van der Waals surface area contributed by atoms with E-state index in [1.54, 1.807) is 0 Å². The van der Waals surface area contributed by atoms with Gasteiger partial charge in [0.2, 0.25) is 5.89 Å². The summed E-state index contributed by atoms with van der Waals surface area (Å²) in [6.07, 6.45) is -2.24. The van der Waals surface area contributed by atoms with Crippen molar-refractivity contribution in [2.45, 2.75) is 60.8 Å². The van der Waals surface area contributed by atoms with Gasteiger partial charge in [0, 0.05) is 5.41 Å². The van der Waals surface area contributed by atoms with Crippen molar-refractivity contribution in [3.05, 3.63) is 23.0 Å². The highest BCUT2D eigenvalue weighted by atomic mass is 35.5. The molecule has 1 aromatic heterocycles. The number of fused-ring (bicyclic) bond motifs is 1. The van der Waals surface area contributed by atoms with Crippen LogP contribution in [0.3, 0.4) is 0 Å². The first kappa shape index (κ1) is 22.3. The second-order valence-electron chi connectivity index (χ2n) is 7.75. The summed E-state index contributed by atoms with van der Waals surface area (Å²) in [5, 5.41) is -1.29. The molecule has 162 valence electrons. The fraction of sp³-hybridized carbons (Fsp3) is 0.562. The van der Waals surface area contributed by atoms with Gasteiger partial charge in [0.05, 0.1) is 16.4 Å². The number of hydrogen-bond acceptors (Lipinski definition) is 7. The van der Waals surface area contributed by atoms with Gasteiger partial charge < -0.3 is 4.42 Å². The van der Waals surface area contributed by atoms with Crippen LogP contribution in [0.25, 0.3) is 11.1 Å². The van der Waals surface area contributed by atoms with Gasteiger partial charge in [-0.3, -0.25) is 4.18 Å².